The van der Waals surface area contributed by atoms with Gasteiger partial charge in [0.2, 0.25) is 5.95 Å². The molecule has 0 radical (unpaired) electrons. The molecule has 0 amide bonds. The molecule has 0 saturated heterocycles. The molecule has 0 fully saturated rings. The molecule has 7 nitrogen and oxygen atoms in total. The van der Waals surface area contributed by atoms with Gasteiger partial charge in [-0.1, -0.05) is 0 Å². The van der Waals surface area contributed by atoms with Gasteiger partial charge in [-0.05, 0) is 45.0 Å². The van der Waals surface area contributed by atoms with Crippen LogP contribution in [0.4, 0.5) is 10.3 Å². The third-order valence-corrected chi connectivity index (χ3v) is 3.93. The first-order chi connectivity index (χ1) is 12.3. The summed E-state index contributed by atoms with van der Waals surface area (Å²) in [6.45, 7) is 6.87. The summed E-state index contributed by atoms with van der Waals surface area (Å²) in [5.74, 6) is 0.721. The van der Waals surface area contributed by atoms with Gasteiger partial charge in [0.05, 0.1) is 18.3 Å². The van der Waals surface area contributed by atoms with Crippen molar-refractivity contribution < 1.29 is 9.13 Å². The Bertz CT molecular complexity index is 956. The number of fused-ring (bicyclic) bond motifs is 1. The number of rotatable bonds is 5. The van der Waals surface area contributed by atoms with Crippen molar-refractivity contribution >= 4 is 17.0 Å². The molecule has 0 aliphatic carbocycles. The van der Waals surface area contributed by atoms with Crippen LogP contribution >= 0.6 is 0 Å². The highest BCUT2D eigenvalue weighted by molar-refractivity contribution is 5.74. The lowest BCUT2D eigenvalue weighted by Gasteiger charge is -2.21. The molecule has 2 aromatic heterocycles. The Labute approximate surface area is 150 Å². The van der Waals surface area contributed by atoms with E-state index in [-0.39, 0.29) is 16.9 Å². The van der Waals surface area contributed by atoms with Crippen molar-refractivity contribution in [2.24, 2.45) is 0 Å². The van der Waals surface area contributed by atoms with Crippen molar-refractivity contribution in [1.82, 2.24) is 19.7 Å². The number of nitrogens with one attached hydrogen (secondary N) is 1. The second kappa shape index (κ2) is 6.78. The minimum Gasteiger partial charge on any atom is -0.492 e. The van der Waals surface area contributed by atoms with Crippen LogP contribution in [0.3, 0.4) is 0 Å². The van der Waals surface area contributed by atoms with Gasteiger partial charge in [0.25, 0.3) is 5.56 Å². The number of nitrogens with zero attached hydrogens (tertiary/aromatic N) is 4. The Morgan fingerprint density at radius 1 is 1.27 bits per heavy atom. The summed E-state index contributed by atoms with van der Waals surface area (Å²) in [6, 6.07) is 5.84. The molecule has 0 atom stereocenters. The van der Waals surface area contributed by atoms with E-state index in [0.29, 0.717) is 35.9 Å². The van der Waals surface area contributed by atoms with E-state index in [0.717, 1.165) is 0 Å². The van der Waals surface area contributed by atoms with Crippen LogP contribution in [0.15, 0.2) is 35.3 Å². The predicted octanol–water partition coefficient (Wildman–Crippen LogP) is 2.53. The fourth-order valence-corrected chi connectivity index (χ4v) is 2.52. The predicted molar refractivity (Wildman–Crippen MR) is 98.3 cm³/mol. The Balaban J connectivity index is 1.76. The van der Waals surface area contributed by atoms with E-state index < -0.39 is 0 Å². The van der Waals surface area contributed by atoms with Gasteiger partial charge < -0.3 is 9.64 Å². The standard InChI is InChI=1S/C18H22FN5O2/c1-18(2,3)24-15-14(11-20-24)16(25)22-17(21-15)23(4)9-10-26-13-7-5-12(19)6-8-13/h5-8,11H,9-10H2,1-4H3,(H,21,22,25). The summed E-state index contributed by atoms with van der Waals surface area (Å²) < 4.78 is 20.2. The van der Waals surface area contributed by atoms with Crippen molar-refractivity contribution in [2.75, 3.05) is 25.1 Å². The van der Waals surface area contributed by atoms with Crippen LogP contribution in [0, 0.1) is 5.82 Å². The Morgan fingerprint density at radius 3 is 2.62 bits per heavy atom. The van der Waals surface area contributed by atoms with Crippen LogP contribution in [-0.4, -0.2) is 39.9 Å². The zero-order valence-electron chi connectivity index (χ0n) is 15.3. The second-order valence-corrected chi connectivity index (χ2v) is 7.08. The maximum atomic E-state index is 12.9. The molecule has 8 heteroatoms. The first-order valence-electron chi connectivity index (χ1n) is 8.34. The van der Waals surface area contributed by atoms with E-state index in [1.807, 2.05) is 27.8 Å². The third-order valence-electron chi connectivity index (χ3n) is 3.93. The minimum absolute atomic E-state index is 0.230. The highest BCUT2D eigenvalue weighted by Crippen LogP contribution is 2.19. The molecule has 0 bridgehead atoms. The van der Waals surface area contributed by atoms with Gasteiger partial charge in [-0.3, -0.25) is 9.78 Å². The Morgan fingerprint density at radius 2 is 1.96 bits per heavy atom. The van der Waals surface area contributed by atoms with Crippen LogP contribution in [0.1, 0.15) is 20.8 Å². The number of ether oxygens (including phenoxy) is 1. The summed E-state index contributed by atoms with van der Waals surface area (Å²) in [5, 5.41) is 4.76. The van der Waals surface area contributed by atoms with E-state index >= 15 is 0 Å². The molecule has 0 unspecified atom stereocenters. The SMILES string of the molecule is CN(CCOc1ccc(F)cc1)c1nc2c(cnn2C(C)(C)C)c(=O)[nH]1. The number of hydrogen-bond donors (Lipinski definition) is 1. The quantitative estimate of drug-likeness (QED) is 0.758. The second-order valence-electron chi connectivity index (χ2n) is 7.08. The van der Waals surface area contributed by atoms with E-state index in [4.69, 9.17) is 4.74 Å². The molecule has 1 N–H and O–H groups in total. The maximum Gasteiger partial charge on any atom is 0.263 e. The Kier molecular flexibility index (Phi) is 4.67. The summed E-state index contributed by atoms with van der Waals surface area (Å²) >= 11 is 0. The monoisotopic (exact) mass is 359 g/mol. The van der Waals surface area contributed by atoms with Crippen molar-refractivity contribution in [3.8, 4) is 5.75 Å². The molecule has 0 aliphatic heterocycles. The van der Waals surface area contributed by atoms with Gasteiger partial charge in [-0.2, -0.15) is 10.1 Å². The molecule has 0 spiro atoms. The normalized spacial score (nSPS) is 11.7. The van der Waals surface area contributed by atoms with Crippen LogP contribution in [0.25, 0.3) is 11.0 Å². The minimum atomic E-state index is -0.306. The number of aromatic amines is 1. The van der Waals surface area contributed by atoms with Gasteiger partial charge in [0.1, 0.15) is 23.6 Å². The maximum absolute atomic E-state index is 12.9. The first kappa shape index (κ1) is 17.9. The van der Waals surface area contributed by atoms with Crippen LogP contribution in [-0.2, 0) is 5.54 Å². The topological polar surface area (TPSA) is 76.0 Å². The number of anilines is 1. The summed E-state index contributed by atoms with van der Waals surface area (Å²) in [6.07, 6.45) is 1.54. The van der Waals surface area contributed by atoms with E-state index in [1.54, 1.807) is 21.7 Å². The number of likely N-dealkylation sites (N-methyl/N-ethyl adjacent to an activating group) is 1. The first-order valence-corrected chi connectivity index (χ1v) is 8.34. The molecule has 0 aliphatic rings. The van der Waals surface area contributed by atoms with Crippen LogP contribution in [0.5, 0.6) is 5.75 Å². The highest BCUT2D eigenvalue weighted by Gasteiger charge is 2.20. The highest BCUT2D eigenvalue weighted by atomic mass is 19.1. The average molecular weight is 359 g/mol. The van der Waals surface area contributed by atoms with E-state index in [1.165, 1.54) is 18.3 Å². The van der Waals surface area contributed by atoms with Gasteiger partial charge in [0.15, 0.2) is 5.65 Å². The van der Waals surface area contributed by atoms with Crippen molar-refractivity contribution in [1.29, 1.82) is 0 Å². The largest absolute Gasteiger partial charge is 0.492 e. The molecular formula is C18H22FN5O2. The van der Waals surface area contributed by atoms with Crippen LogP contribution < -0.4 is 15.2 Å². The molecule has 3 aromatic rings. The zero-order valence-corrected chi connectivity index (χ0v) is 15.3. The number of halogens is 1. The van der Waals surface area contributed by atoms with Crippen LogP contribution in [0.2, 0.25) is 0 Å². The van der Waals surface area contributed by atoms with E-state index in [9.17, 15) is 9.18 Å². The molecule has 26 heavy (non-hydrogen) atoms. The molecule has 2 heterocycles. The number of H-pyrrole nitrogens is 1. The van der Waals surface area contributed by atoms with Gasteiger partial charge in [0, 0.05) is 7.05 Å². The van der Waals surface area contributed by atoms with Gasteiger partial charge >= 0.3 is 0 Å². The number of aromatic nitrogens is 4. The molecule has 1 aromatic carbocycles. The molecule has 3 rings (SSSR count). The van der Waals surface area contributed by atoms with Crippen molar-refractivity contribution in [3.05, 3.63) is 46.6 Å². The Hall–Kier alpha value is -2.90. The average Bonchev–Trinajstić information content (AvgIpc) is 3.01. The van der Waals surface area contributed by atoms with E-state index in [2.05, 4.69) is 15.1 Å². The number of benzene rings is 1. The third kappa shape index (κ3) is 3.68. The fraction of sp³-hybridized carbons (Fsp3) is 0.389. The lowest BCUT2D eigenvalue weighted by Crippen LogP contribution is -2.29. The zero-order chi connectivity index (χ0) is 18.9. The number of hydrogen-bond acceptors (Lipinski definition) is 5. The lowest BCUT2D eigenvalue weighted by molar-refractivity contribution is 0.324. The lowest BCUT2D eigenvalue weighted by atomic mass is 10.1. The molecular weight excluding hydrogens is 337 g/mol. The molecule has 138 valence electrons. The van der Waals surface area contributed by atoms with Crippen molar-refractivity contribution in [2.45, 2.75) is 26.3 Å². The fourth-order valence-electron chi connectivity index (χ4n) is 2.52. The van der Waals surface area contributed by atoms with Gasteiger partial charge in [-0.15, -0.1) is 0 Å². The summed E-state index contributed by atoms with van der Waals surface area (Å²) in [7, 11) is 1.82. The molecule has 0 saturated carbocycles. The summed E-state index contributed by atoms with van der Waals surface area (Å²) in [4.78, 5) is 21.5. The smallest absolute Gasteiger partial charge is 0.263 e. The summed E-state index contributed by atoms with van der Waals surface area (Å²) in [5.41, 5.74) is 0.0266. The van der Waals surface area contributed by atoms with Crippen molar-refractivity contribution in [3.63, 3.8) is 0 Å². The van der Waals surface area contributed by atoms with Gasteiger partial charge in [-0.25, -0.2) is 9.07 Å².